The molecule has 0 amide bonds. The van der Waals surface area contributed by atoms with Gasteiger partial charge in [0.15, 0.2) is 0 Å². The molecule has 0 spiro atoms. The molecule has 0 bridgehead atoms. The van der Waals surface area contributed by atoms with Crippen LogP contribution >= 0.6 is 0 Å². The monoisotopic (exact) mass is 275 g/mol. The molecule has 0 fully saturated rings. The second kappa shape index (κ2) is 4.88. The van der Waals surface area contributed by atoms with E-state index in [1.54, 1.807) is 22.9 Å². The van der Waals surface area contributed by atoms with Crippen LogP contribution in [0.25, 0.3) is 10.9 Å². The highest BCUT2D eigenvalue weighted by Gasteiger charge is 2.12. The Morgan fingerprint density at radius 2 is 2.10 bits per heavy atom. The fraction of sp³-hybridized carbons (Fsp3) is 0.143. The van der Waals surface area contributed by atoms with Crippen LogP contribution in [-0.4, -0.2) is 20.4 Å². The van der Waals surface area contributed by atoms with E-state index in [9.17, 15) is 13.6 Å². The van der Waals surface area contributed by atoms with E-state index >= 15 is 0 Å². The molecule has 20 heavy (non-hydrogen) atoms. The van der Waals surface area contributed by atoms with E-state index in [0.29, 0.717) is 5.56 Å². The Labute approximate surface area is 113 Å². The zero-order chi connectivity index (χ0) is 14.1. The fourth-order valence-corrected chi connectivity index (χ4v) is 2.21. The summed E-state index contributed by atoms with van der Waals surface area (Å²) in [6.07, 6.45) is 5.16. The first-order chi connectivity index (χ1) is 9.69. The average Bonchev–Trinajstić information content (AvgIpc) is 3.06. The minimum atomic E-state index is -2.61. The molecule has 4 nitrogen and oxygen atoms in total. The number of carbonyl (C=O) groups excluding carboxylic acids is 1. The van der Waals surface area contributed by atoms with Gasteiger partial charge in [-0.2, -0.15) is 8.78 Å². The van der Waals surface area contributed by atoms with Crippen LogP contribution in [0.1, 0.15) is 22.7 Å². The Hall–Kier alpha value is -2.50. The molecule has 2 heterocycles. The van der Waals surface area contributed by atoms with Crippen molar-refractivity contribution in [2.24, 2.45) is 0 Å². The second-order valence-electron chi connectivity index (χ2n) is 4.41. The van der Waals surface area contributed by atoms with Gasteiger partial charge in [0.25, 0.3) is 0 Å². The number of alkyl halides is 2. The quantitative estimate of drug-likeness (QED) is 0.686. The van der Waals surface area contributed by atoms with Gasteiger partial charge >= 0.3 is 6.55 Å². The van der Waals surface area contributed by atoms with Crippen molar-refractivity contribution in [1.82, 2.24) is 14.1 Å². The Kier molecular flexibility index (Phi) is 3.06. The summed E-state index contributed by atoms with van der Waals surface area (Å²) >= 11 is 0. The minimum absolute atomic E-state index is 0.225. The molecule has 2 aromatic heterocycles. The van der Waals surface area contributed by atoms with Crippen molar-refractivity contribution < 1.29 is 13.6 Å². The first-order valence-corrected chi connectivity index (χ1v) is 6.03. The molecule has 0 atom stereocenters. The lowest BCUT2D eigenvalue weighted by molar-refractivity contribution is 0.0667. The van der Waals surface area contributed by atoms with Crippen LogP contribution in [0, 0.1) is 0 Å². The summed E-state index contributed by atoms with van der Waals surface area (Å²) in [4.78, 5) is 14.8. The van der Waals surface area contributed by atoms with Gasteiger partial charge in [0.05, 0.1) is 6.54 Å². The lowest BCUT2D eigenvalue weighted by Gasteiger charge is -2.08. The standard InChI is InChI=1S/C14H11F2N3O/c15-14(16)19-6-4-17-13(19)8-18-5-3-11-2-1-10(9-20)7-12(11)18/h1-7,9,14H,8H2. The molecule has 1 aromatic carbocycles. The molecule has 3 aromatic rings. The third-order valence-electron chi connectivity index (χ3n) is 3.20. The van der Waals surface area contributed by atoms with Crippen LogP contribution in [-0.2, 0) is 6.54 Å². The summed E-state index contributed by atoms with van der Waals surface area (Å²) < 4.78 is 28.2. The normalized spacial score (nSPS) is 11.3. The van der Waals surface area contributed by atoms with Crippen molar-refractivity contribution in [1.29, 1.82) is 0 Å². The molecule has 0 N–H and O–H groups in total. The zero-order valence-corrected chi connectivity index (χ0v) is 10.4. The molecule has 0 radical (unpaired) electrons. The van der Waals surface area contributed by atoms with Gasteiger partial charge in [-0.25, -0.2) is 4.98 Å². The number of carbonyl (C=O) groups is 1. The number of aromatic nitrogens is 3. The average molecular weight is 275 g/mol. The molecule has 0 aliphatic heterocycles. The summed E-state index contributed by atoms with van der Waals surface area (Å²) in [5.74, 6) is 0.272. The molecule has 6 heteroatoms. The number of halogens is 2. The highest BCUT2D eigenvalue weighted by Crippen LogP contribution is 2.19. The zero-order valence-electron chi connectivity index (χ0n) is 10.4. The number of hydrogen-bond donors (Lipinski definition) is 0. The summed E-state index contributed by atoms with van der Waals surface area (Å²) in [6, 6.07) is 7.16. The summed E-state index contributed by atoms with van der Waals surface area (Å²) in [5.41, 5.74) is 1.37. The molecule has 0 saturated carbocycles. The first-order valence-electron chi connectivity index (χ1n) is 6.03. The van der Waals surface area contributed by atoms with Gasteiger partial charge < -0.3 is 4.57 Å². The maximum Gasteiger partial charge on any atom is 0.319 e. The van der Waals surface area contributed by atoms with Crippen molar-refractivity contribution in [3.63, 3.8) is 0 Å². The van der Waals surface area contributed by atoms with E-state index < -0.39 is 6.55 Å². The SMILES string of the molecule is O=Cc1ccc2ccn(Cc3nccn3C(F)F)c2c1. The molecule has 0 aliphatic rings. The molecular formula is C14H11F2N3O. The Morgan fingerprint density at radius 1 is 1.25 bits per heavy atom. The van der Waals surface area contributed by atoms with Crippen LogP contribution in [0.15, 0.2) is 42.9 Å². The number of aldehydes is 1. The van der Waals surface area contributed by atoms with Gasteiger partial charge in [-0.05, 0) is 17.5 Å². The Morgan fingerprint density at radius 3 is 2.85 bits per heavy atom. The maximum atomic E-state index is 12.8. The fourth-order valence-electron chi connectivity index (χ4n) is 2.21. The smallest absolute Gasteiger partial charge is 0.319 e. The molecule has 102 valence electrons. The predicted molar refractivity (Wildman–Crippen MR) is 69.9 cm³/mol. The third kappa shape index (κ3) is 2.09. The number of imidazole rings is 1. The molecular weight excluding hydrogens is 264 g/mol. The number of rotatable bonds is 4. The van der Waals surface area contributed by atoms with Crippen LogP contribution in [0.2, 0.25) is 0 Å². The van der Waals surface area contributed by atoms with E-state index in [-0.39, 0.29) is 12.4 Å². The summed E-state index contributed by atoms with van der Waals surface area (Å²) in [7, 11) is 0. The van der Waals surface area contributed by atoms with Crippen molar-refractivity contribution in [3.8, 4) is 0 Å². The van der Waals surface area contributed by atoms with Crippen LogP contribution in [0.4, 0.5) is 8.78 Å². The lowest BCUT2D eigenvalue weighted by Crippen LogP contribution is -2.08. The predicted octanol–water partition coefficient (Wildman–Crippen LogP) is 3.09. The highest BCUT2D eigenvalue weighted by atomic mass is 19.3. The van der Waals surface area contributed by atoms with Gasteiger partial charge in [0.1, 0.15) is 12.1 Å². The molecule has 0 saturated heterocycles. The third-order valence-corrected chi connectivity index (χ3v) is 3.20. The second-order valence-corrected chi connectivity index (χ2v) is 4.41. The van der Waals surface area contributed by atoms with E-state index in [2.05, 4.69) is 4.98 Å². The van der Waals surface area contributed by atoms with Gasteiger partial charge in [0.2, 0.25) is 0 Å². The Bertz CT molecular complexity index is 761. The summed E-state index contributed by atoms with van der Waals surface area (Å²) in [5, 5.41) is 0.950. The van der Waals surface area contributed by atoms with E-state index in [1.807, 2.05) is 12.1 Å². The van der Waals surface area contributed by atoms with Crippen molar-refractivity contribution in [2.45, 2.75) is 13.1 Å². The van der Waals surface area contributed by atoms with Gasteiger partial charge in [0, 0.05) is 29.7 Å². The minimum Gasteiger partial charge on any atom is -0.340 e. The maximum absolute atomic E-state index is 12.8. The first kappa shape index (κ1) is 12.5. The van der Waals surface area contributed by atoms with E-state index in [1.165, 1.54) is 12.4 Å². The molecule has 0 unspecified atom stereocenters. The van der Waals surface area contributed by atoms with Crippen molar-refractivity contribution >= 4 is 17.2 Å². The summed E-state index contributed by atoms with van der Waals surface area (Å²) in [6.45, 7) is -2.39. The number of nitrogens with zero attached hydrogens (tertiary/aromatic N) is 3. The number of fused-ring (bicyclic) bond motifs is 1. The van der Waals surface area contributed by atoms with Crippen LogP contribution < -0.4 is 0 Å². The van der Waals surface area contributed by atoms with Crippen molar-refractivity contribution in [3.05, 3.63) is 54.2 Å². The van der Waals surface area contributed by atoms with Crippen molar-refractivity contribution in [2.75, 3.05) is 0 Å². The number of hydrogen-bond acceptors (Lipinski definition) is 2. The van der Waals surface area contributed by atoms with Gasteiger partial charge in [-0.1, -0.05) is 12.1 Å². The van der Waals surface area contributed by atoms with Gasteiger partial charge in [-0.15, -0.1) is 0 Å². The van der Waals surface area contributed by atoms with E-state index in [4.69, 9.17) is 0 Å². The Balaban J connectivity index is 2.02. The largest absolute Gasteiger partial charge is 0.340 e. The van der Waals surface area contributed by atoms with Gasteiger partial charge in [-0.3, -0.25) is 9.36 Å². The number of benzene rings is 1. The van der Waals surface area contributed by atoms with E-state index in [0.717, 1.165) is 21.8 Å². The highest BCUT2D eigenvalue weighted by molar-refractivity contribution is 5.87. The van der Waals surface area contributed by atoms with Crippen LogP contribution in [0.3, 0.4) is 0 Å². The van der Waals surface area contributed by atoms with Crippen LogP contribution in [0.5, 0.6) is 0 Å². The molecule has 0 aliphatic carbocycles. The topological polar surface area (TPSA) is 39.8 Å². The lowest BCUT2D eigenvalue weighted by atomic mass is 10.2. The molecule has 3 rings (SSSR count).